The van der Waals surface area contributed by atoms with E-state index in [0.717, 1.165) is 42.7 Å². The largest absolute Gasteiger partial charge is 0.335 e. The predicted octanol–water partition coefficient (Wildman–Crippen LogP) is 2.79. The molecule has 1 amide bonds. The van der Waals surface area contributed by atoms with Crippen LogP contribution in [0, 0.1) is 6.92 Å². The van der Waals surface area contributed by atoms with Gasteiger partial charge in [0.25, 0.3) is 5.91 Å². The zero-order valence-corrected chi connectivity index (χ0v) is 12.0. The van der Waals surface area contributed by atoms with Crippen LogP contribution in [0.4, 0.5) is 0 Å². The van der Waals surface area contributed by atoms with E-state index < -0.39 is 0 Å². The SMILES string of the molecule is CCN(C(=O)c1sccc1C)C1CCC(N)CC1. The predicted molar refractivity (Wildman–Crippen MR) is 76.0 cm³/mol. The first-order chi connectivity index (χ1) is 8.63. The highest BCUT2D eigenvalue weighted by atomic mass is 32.1. The lowest BCUT2D eigenvalue weighted by atomic mass is 9.90. The molecule has 0 radical (unpaired) electrons. The number of carbonyl (C=O) groups is 1. The second-order valence-corrected chi connectivity index (χ2v) is 6.01. The van der Waals surface area contributed by atoms with Gasteiger partial charge in [-0.15, -0.1) is 11.3 Å². The summed E-state index contributed by atoms with van der Waals surface area (Å²) in [6, 6.07) is 2.73. The van der Waals surface area contributed by atoms with Crippen molar-refractivity contribution in [1.29, 1.82) is 0 Å². The van der Waals surface area contributed by atoms with E-state index in [1.165, 1.54) is 0 Å². The van der Waals surface area contributed by atoms with Crippen molar-refractivity contribution in [3.63, 3.8) is 0 Å². The molecule has 1 aromatic rings. The molecule has 100 valence electrons. The van der Waals surface area contributed by atoms with Crippen LogP contribution in [-0.4, -0.2) is 29.4 Å². The van der Waals surface area contributed by atoms with Crippen LogP contribution < -0.4 is 5.73 Å². The monoisotopic (exact) mass is 266 g/mol. The van der Waals surface area contributed by atoms with Gasteiger partial charge >= 0.3 is 0 Å². The average molecular weight is 266 g/mol. The van der Waals surface area contributed by atoms with Crippen molar-refractivity contribution in [2.24, 2.45) is 5.73 Å². The van der Waals surface area contributed by atoms with E-state index in [-0.39, 0.29) is 5.91 Å². The van der Waals surface area contributed by atoms with Crippen LogP contribution in [0.3, 0.4) is 0 Å². The molecule has 0 atom stereocenters. The molecule has 2 N–H and O–H groups in total. The molecule has 18 heavy (non-hydrogen) atoms. The summed E-state index contributed by atoms with van der Waals surface area (Å²) < 4.78 is 0. The highest BCUT2D eigenvalue weighted by molar-refractivity contribution is 7.12. The van der Waals surface area contributed by atoms with Crippen LogP contribution >= 0.6 is 11.3 Å². The van der Waals surface area contributed by atoms with Crippen LogP contribution in [-0.2, 0) is 0 Å². The normalized spacial score (nSPS) is 23.9. The molecule has 2 rings (SSSR count). The Hall–Kier alpha value is -0.870. The molecule has 1 heterocycles. The van der Waals surface area contributed by atoms with Crippen LogP contribution in [0.2, 0.25) is 0 Å². The van der Waals surface area contributed by atoms with Crippen LogP contribution in [0.15, 0.2) is 11.4 Å². The quantitative estimate of drug-likeness (QED) is 0.914. The number of aryl methyl sites for hydroxylation is 1. The van der Waals surface area contributed by atoms with Gasteiger partial charge in [-0.1, -0.05) is 0 Å². The second-order valence-electron chi connectivity index (χ2n) is 5.09. The molecule has 4 heteroatoms. The van der Waals surface area contributed by atoms with E-state index in [1.54, 1.807) is 11.3 Å². The highest BCUT2D eigenvalue weighted by Gasteiger charge is 2.28. The standard InChI is InChI=1S/C14H22N2OS/c1-3-16(12-6-4-11(15)5-7-12)14(17)13-10(2)8-9-18-13/h8-9,11-12H,3-7,15H2,1-2H3. The molecule has 0 aliphatic heterocycles. The van der Waals surface area contributed by atoms with Crippen molar-refractivity contribution in [3.05, 3.63) is 21.9 Å². The number of amides is 1. The zero-order valence-electron chi connectivity index (χ0n) is 11.2. The molecular formula is C14H22N2OS. The van der Waals surface area contributed by atoms with Gasteiger partial charge in [-0.2, -0.15) is 0 Å². The molecule has 1 fully saturated rings. The number of hydrogen-bond acceptors (Lipinski definition) is 3. The van der Waals surface area contributed by atoms with E-state index >= 15 is 0 Å². The fourth-order valence-corrected chi connectivity index (χ4v) is 3.58. The van der Waals surface area contributed by atoms with Gasteiger partial charge in [0.2, 0.25) is 0 Å². The molecule has 0 saturated heterocycles. The summed E-state index contributed by atoms with van der Waals surface area (Å²) in [5.74, 6) is 0.200. The van der Waals surface area contributed by atoms with Gasteiger partial charge in [0.15, 0.2) is 0 Å². The topological polar surface area (TPSA) is 46.3 Å². The Morgan fingerprint density at radius 3 is 2.61 bits per heavy atom. The maximum atomic E-state index is 12.5. The summed E-state index contributed by atoms with van der Waals surface area (Å²) >= 11 is 1.55. The fourth-order valence-electron chi connectivity index (χ4n) is 2.70. The first-order valence-electron chi connectivity index (χ1n) is 6.74. The van der Waals surface area contributed by atoms with E-state index in [4.69, 9.17) is 5.73 Å². The maximum Gasteiger partial charge on any atom is 0.264 e. The average Bonchev–Trinajstić information content (AvgIpc) is 2.78. The second kappa shape index (κ2) is 5.85. The maximum absolute atomic E-state index is 12.5. The van der Waals surface area contributed by atoms with Crippen molar-refractivity contribution in [3.8, 4) is 0 Å². The summed E-state index contributed by atoms with van der Waals surface area (Å²) in [4.78, 5) is 15.5. The van der Waals surface area contributed by atoms with Crippen LogP contribution in [0.25, 0.3) is 0 Å². The molecule has 1 aromatic heterocycles. The fraction of sp³-hybridized carbons (Fsp3) is 0.643. The van der Waals surface area contributed by atoms with E-state index in [1.807, 2.05) is 23.3 Å². The summed E-state index contributed by atoms with van der Waals surface area (Å²) in [7, 11) is 0. The molecule has 1 saturated carbocycles. The van der Waals surface area contributed by atoms with Crippen molar-refractivity contribution in [2.75, 3.05) is 6.54 Å². The number of thiophene rings is 1. The van der Waals surface area contributed by atoms with Crippen molar-refractivity contribution >= 4 is 17.2 Å². The van der Waals surface area contributed by atoms with Gasteiger partial charge in [-0.25, -0.2) is 0 Å². The lowest BCUT2D eigenvalue weighted by Crippen LogP contribution is -2.44. The van der Waals surface area contributed by atoms with Gasteiger partial charge in [0.1, 0.15) is 0 Å². The van der Waals surface area contributed by atoms with Gasteiger partial charge in [-0.05, 0) is 56.5 Å². The number of nitrogens with zero attached hydrogens (tertiary/aromatic N) is 1. The Morgan fingerprint density at radius 1 is 1.44 bits per heavy atom. The Labute approximate surface area is 113 Å². The molecule has 1 aliphatic carbocycles. The third kappa shape index (κ3) is 2.75. The number of rotatable bonds is 3. The summed E-state index contributed by atoms with van der Waals surface area (Å²) in [6.07, 6.45) is 4.17. The molecule has 3 nitrogen and oxygen atoms in total. The third-order valence-electron chi connectivity index (χ3n) is 3.84. The van der Waals surface area contributed by atoms with E-state index in [0.29, 0.717) is 12.1 Å². The summed E-state index contributed by atoms with van der Waals surface area (Å²) in [6.45, 7) is 4.86. The van der Waals surface area contributed by atoms with Crippen molar-refractivity contribution in [2.45, 2.75) is 51.6 Å². The number of carbonyl (C=O) groups excluding carboxylic acids is 1. The molecule has 0 unspecified atom stereocenters. The lowest BCUT2D eigenvalue weighted by molar-refractivity contribution is 0.0645. The smallest absolute Gasteiger partial charge is 0.264 e. The third-order valence-corrected chi connectivity index (χ3v) is 4.84. The Bertz CT molecular complexity index is 408. The van der Waals surface area contributed by atoms with E-state index in [9.17, 15) is 4.79 Å². The van der Waals surface area contributed by atoms with Crippen molar-refractivity contribution < 1.29 is 4.79 Å². The first kappa shape index (κ1) is 13.6. The van der Waals surface area contributed by atoms with Crippen LogP contribution in [0.5, 0.6) is 0 Å². The number of nitrogens with two attached hydrogens (primary N) is 1. The molecular weight excluding hydrogens is 244 g/mol. The Morgan fingerprint density at radius 2 is 2.11 bits per heavy atom. The minimum absolute atomic E-state index is 0.200. The van der Waals surface area contributed by atoms with E-state index in [2.05, 4.69) is 6.92 Å². The van der Waals surface area contributed by atoms with Gasteiger partial charge in [0.05, 0.1) is 4.88 Å². The molecule has 1 aliphatic rings. The number of hydrogen-bond donors (Lipinski definition) is 1. The molecule has 0 aromatic carbocycles. The summed E-state index contributed by atoms with van der Waals surface area (Å²) in [5, 5.41) is 1.99. The highest BCUT2D eigenvalue weighted by Crippen LogP contribution is 2.25. The molecule has 0 bridgehead atoms. The summed E-state index contributed by atoms with van der Waals surface area (Å²) in [5.41, 5.74) is 7.03. The Balaban J connectivity index is 2.09. The van der Waals surface area contributed by atoms with Gasteiger partial charge < -0.3 is 10.6 Å². The zero-order chi connectivity index (χ0) is 13.1. The van der Waals surface area contributed by atoms with Crippen molar-refractivity contribution in [1.82, 2.24) is 4.90 Å². The van der Waals surface area contributed by atoms with Crippen LogP contribution in [0.1, 0.15) is 47.8 Å². The minimum atomic E-state index is 0.200. The lowest BCUT2D eigenvalue weighted by Gasteiger charge is -2.35. The van der Waals surface area contributed by atoms with Gasteiger partial charge in [-0.3, -0.25) is 4.79 Å². The Kier molecular flexibility index (Phi) is 4.40. The van der Waals surface area contributed by atoms with Gasteiger partial charge in [0, 0.05) is 18.6 Å². The first-order valence-corrected chi connectivity index (χ1v) is 7.62. The molecule has 0 spiro atoms. The minimum Gasteiger partial charge on any atom is -0.335 e.